The van der Waals surface area contributed by atoms with Gasteiger partial charge < -0.3 is 53.0 Å². The maximum absolute atomic E-state index is 13.0. The van der Waals surface area contributed by atoms with Gasteiger partial charge in [0.1, 0.15) is 18.3 Å². The summed E-state index contributed by atoms with van der Waals surface area (Å²) in [6.45, 7) is 6.39. The maximum atomic E-state index is 13.0. The number of nitrogens with one attached hydrogen (secondary N) is 3. The van der Waals surface area contributed by atoms with E-state index < -0.39 is 36.9 Å². The lowest BCUT2D eigenvalue weighted by Crippen LogP contribution is -2.50. The minimum Gasteiger partial charge on any atom is -0.394 e. The Morgan fingerprint density at radius 3 is 2.24 bits per heavy atom. The molecule has 0 spiro atoms. The van der Waals surface area contributed by atoms with Gasteiger partial charge in [-0.2, -0.15) is 0 Å². The first-order valence-electron chi connectivity index (χ1n) is 18.9. The summed E-state index contributed by atoms with van der Waals surface area (Å²) in [5.41, 5.74) is 15.3. The summed E-state index contributed by atoms with van der Waals surface area (Å²) in [5, 5.41) is 58.8. The molecule has 1 aromatic heterocycles. The second-order valence-electron chi connectivity index (χ2n) is 13.9. The van der Waals surface area contributed by atoms with Gasteiger partial charge in [0, 0.05) is 31.7 Å². The molecule has 304 valence electrons. The van der Waals surface area contributed by atoms with Crippen molar-refractivity contribution < 1.29 is 35.1 Å². The van der Waals surface area contributed by atoms with Crippen molar-refractivity contribution >= 4 is 35.1 Å². The van der Waals surface area contributed by atoms with Crippen LogP contribution >= 0.6 is 11.6 Å². The molecule has 0 unspecified atom stereocenters. The number of aryl methyl sites for hydroxylation is 1. The number of hydrogen-bond donors (Lipinski definition) is 10. The Bertz CT molecular complexity index is 1620. The Kier molecular flexibility index (Phi) is 19.7. The molecule has 1 heterocycles. The summed E-state index contributed by atoms with van der Waals surface area (Å²) in [6, 6.07) is 15.5. The van der Waals surface area contributed by atoms with Gasteiger partial charge in [0.15, 0.2) is 22.5 Å². The lowest BCUT2D eigenvalue weighted by atomic mass is 9.95. The zero-order chi connectivity index (χ0) is 40.3. The first-order chi connectivity index (χ1) is 26.3. The van der Waals surface area contributed by atoms with Crippen molar-refractivity contribution in [1.82, 2.24) is 30.8 Å². The predicted molar refractivity (Wildman–Crippen MR) is 214 cm³/mol. The Morgan fingerprint density at radius 1 is 0.836 bits per heavy atom. The quantitative estimate of drug-likeness (QED) is 0.0541. The third kappa shape index (κ3) is 15.3. The summed E-state index contributed by atoms with van der Waals surface area (Å²) in [7, 11) is 0. The molecule has 3 rings (SSSR count). The van der Waals surface area contributed by atoms with Crippen LogP contribution in [0.15, 0.2) is 48.5 Å². The average Bonchev–Trinajstić information content (AvgIpc) is 3.18. The Labute approximate surface area is 328 Å². The van der Waals surface area contributed by atoms with Crippen molar-refractivity contribution in [2.45, 2.75) is 76.8 Å². The number of hydrogen-bond acceptors (Lipinski definition) is 13. The number of carbonyl (C=O) groups is 2. The minimum absolute atomic E-state index is 0.0195. The predicted octanol–water partition coefficient (Wildman–Crippen LogP) is 1.07. The SMILES string of the molecule is CCCCCCN(CCNC(=O)c1ccc(CCNC[C@H](CNC(=O)c2nc(Cl)c(N)nc2N)Cc2ccccc2C)cc1)C[C@H](O)[C@@H](O)[C@H](O)[C@H](O)CO. The third-order valence-corrected chi connectivity index (χ3v) is 9.77. The molecule has 0 radical (unpaired) electrons. The molecular formula is C39H59ClN8O7. The standard InChI is InChI=1S/C39H59ClN8O7/c1-3-4-5-8-18-48(23-30(50)33(52)34(53)31(51)24-49)19-17-44-38(54)28-13-11-26(12-14-28)15-16-43-21-27(20-29-10-7-6-9-25(29)2)22-45-39(55)32-36(41)47-37(42)35(40)46-32/h6-7,9-14,27,30-31,33-34,43,49-53H,3-5,8,15-24H2,1-2H3,(H,44,54)(H,45,55)(H4,41,42,47)/t27-,30+,31-,33-,34-/m1/s1. The van der Waals surface area contributed by atoms with Gasteiger partial charge in [-0.15, -0.1) is 0 Å². The lowest BCUT2D eigenvalue weighted by molar-refractivity contribution is -0.119. The van der Waals surface area contributed by atoms with Crippen molar-refractivity contribution in [3.05, 3.63) is 81.6 Å². The van der Waals surface area contributed by atoms with Crippen LogP contribution in [0.5, 0.6) is 0 Å². The van der Waals surface area contributed by atoms with E-state index in [2.05, 4.69) is 51.9 Å². The summed E-state index contributed by atoms with van der Waals surface area (Å²) in [5.74, 6) is -0.831. The molecule has 5 atom stereocenters. The smallest absolute Gasteiger partial charge is 0.273 e. The number of carbonyl (C=O) groups excluding carboxylic acids is 2. The fraction of sp³-hybridized carbons (Fsp3) is 0.538. The highest BCUT2D eigenvalue weighted by molar-refractivity contribution is 6.31. The van der Waals surface area contributed by atoms with Crippen molar-refractivity contribution in [3.63, 3.8) is 0 Å². The van der Waals surface area contributed by atoms with Crippen LogP contribution in [0.25, 0.3) is 0 Å². The number of nitrogens with two attached hydrogens (primary N) is 2. The van der Waals surface area contributed by atoms with E-state index in [0.717, 1.165) is 43.2 Å². The van der Waals surface area contributed by atoms with E-state index in [9.17, 15) is 30.0 Å². The molecule has 0 saturated carbocycles. The molecule has 15 nitrogen and oxygen atoms in total. The molecule has 0 aliphatic carbocycles. The molecule has 0 aliphatic rings. The van der Waals surface area contributed by atoms with E-state index >= 15 is 0 Å². The third-order valence-electron chi connectivity index (χ3n) is 9.49. The zero-order valence-corrected chi connectivity index (χ0v) is 32.6. The van der Waals surface area contributed by atoms with E-state index in [1.165, 1.54) is 5.56 Å². The highest BCUT2D eigenvalue weighted by atomic mass is 35.5. The van der Waals surface area contributed by atoms with E-state index in [0.29, 0.717) is 51.3 Å². The molecule has 16 heteroatoms. The monoisotopic (exact) mass is 786 g/mol. The Morgan fingerprint density at radius 2 is 1.55 bits per heavy atom. The largest absolute Gasteiger partial charge is 0.394 e. The van der Waals surface area contributed by atoms with Gasteiger partial charge in [0.25, 0.3) is 11.8 Å². The van der Waals surface area contributed by atoms with E-state index in [1.54, 1.807) is 12.1 Å². The molecule has 0 saturated heterocycles. The number of aromatic nitrogens is 2. The fourth-order valence-corrected chi connectivity index (χ4v) is 6.21. The van der Waals surface area contributed by atoms with Gasteiger partial charge in [0.05, 0.1) is 12.7 Å². The van der Waals surface area contributed by atoms with Gasteiger partial charge in [-0.05, 0) is 80.6 Å². The molecule has 55 heavy (non-hydrogen) atoms. The first kappa shape index (κ1) is 45.5. The van der Waals surface area contributed by atoms with Crippen LogP contribution < -0.4 is 27.4 Å². The highest BCUT2D eigenvalue weighted by Crippen LogP contribution is 2.18. The lowest BCUT2D eigenvalue weighted by Gasteiger charge is -2.30. The fourth-order valence-electron chi connectivity index (χ4n) is 6.08. The first-order valence-corrected chi connectivity index (χ1v) is 19.3. The van der Waals surface area contributed by atoms with E-state index in [1.807, 2.05) is 29.2 Å². The van der Waals surface area contributed by atoms with Crippen molar-refractivity contribution in [2.75, 3.05) is 63.9 Å². The van der Waals surface area contributed by atoms with E-state index in [4.69, 9.17) is 28.2 Å². The molecule has 2 amide bonds. The molecular weight excluding hydrogens is 728 g/mol. The van der Waals surface area contributed by atoms with Gasteiger partial charge in [0.2, 0.25) is 0 Å². The molecule has 2 aromatic carbocycles. The molecule has 12 N–H and O–H groups in total. The van der Waals surface area contributed by atoms with Crippen molar-refractivity contribution in [3.8, 4) is 0 Å². The van der Waals surface area contributed by atoms with Gasteiger partial charge in [-0.3, -0.25) is 14.5 Å². The van der Waals surface area contributed by atoms with Gasteiger partial charge >= 0.3 is 0 Å². The number of rotatable bonds is 25. The molecule has 0 fully saturated rings. The average molecular weight is 787 g/mol. The van der Waals surface area contributed by atoms with Crippen molar-refractivity contribution in [2.24, 2.45) is 5.92 Å². The summed E-state index contributed by atoms with van der Waals surface area (Å²) >= 11 is 5.97. The number of nitrogens with zero attached hydrogens (tertiary/aromatic N) is 3. The minimum atomic E-state index is -1.69. The van der Waals surface area contributed by atoms with Crippen LogP contribution in [0.2, 0.25) is 5.15 Å². The highest BCUT2D eigenvalue weighted by Gasteiger charge is 2.31. The van der Waals surface area contributed by atoms with Gasteiger partial charge in [-0.25, -0.2) is 9.97 Å². The Hall–Kier alpha value is -3.93. The Balaban J connectivity index is 1.50. The zero-order valence-electron chi connectivity index (χ0n) is 31.8. The van der Waals surface area contributed by atoms with Crippen LogP contribution in [-0.2, 0) is 12.8 Å². The number of unbranched alkanes of at least 4 members (excludes halogenated alkanes) is 3. The molecule has 0 bridgehead atoms. The van der Waals surface area contributed by atoms with Crippen LogP contribution in [0.3, 0.4) is 0 Å². The number of aliphatic hydroxyl groups excluding tert-OH is 5. The van der Waals surface area contributed by atoms with Crippen LogP contribution in [0.1, 0.15) is 70.1 Å². The molecule has 0 aliphatic heterocycles. The number of amides is 2. The normalized spacial score (nSPS) is 14.3. The number of anilines is 2. The van der Waals surface area contributed by atoms with Crippen molar-refractivity contribution in [1.29, 1.82) is 0 Å². The number of aliphatic hydroxyl groups is 5. The summed E-state index contributed by atoms with van der Waals surface area (Å²) < 4.78 is 0. The van der Waals surface area contributed by atoms with E-state index in [-0.39, 0.29) is 40.9 Å². The maximum Gasteiger partial charge on any atom is 0.273 e. The summed E-state index contributed by atoms with van der Waals surface area (Å²) in [4.78, 5) is 35.7. The molecule has 3 aromatic rings. The number of halogens is 1. The second-order valence-corrected chi connectivity index (χ2v) is 14.3. The topological polar surface area (TPSA) is 252 Å². The second kappa shape index (κ2) is 23.9. The van der Waals surface area contributed by atoms with Crippen LogP contribution in [0.4, 0.5) is 11.6 Å². The number of benzene rings is 2. The van der Waals surface area contributed by atoms with Gasteiger partial charge in [-0.1, -0.05) is 74.2 Å². The number of nitrogen functional groups attached to an aromatic ring is 2. The summed E-state index contributed by atoms with van der Waals surface area (Å²) in [6.07, 6.45) is -0.863. The van der Waals surface area contributed by atoms with Crippen LogP contribution in [0, 0.1) is 12.8 Å². The van der Waals surface area contributed by atoms with Crippen LogP contribution in [-0.4, -0.2) is 129 Å².